The summed E-state index contributed by atoms with van der Waals surface area (Å²) in [5, 5.41) is 7.37. The van der Waals surface area contributed by atoms with Crippen LogP contribution in [-0.4, -0.2) is 24.4 Å². The number of benzene rings is 1. The zero-order valence-corrected chi connectivity index (χ0v) is 14.9. The zero-order chi connectivity index (χ0) is 18.2. The number of anilines is 1. The molecule has 0 spiro atoms. The molecule has 0 aliphatic heterocycles. The van der Waals surface area contributed by atoms with Crippen molar-refractivity contribution in [2.75, 3.05) is 11.9 Å². The Kier molecular flexibility index (Phi) is 6.71. The molecule has 6 nitrogen and oxygen atoms in total. The SMILES string of the molecule is CC(=O)Nc1ccc(CC(=O)OCC(=O)N[C@@H](C)c2cccs2)cc1. The van der Waals surface area contributed by atoms with Crippen molar-refractivity contribution < 1.29 is 19.1 Å². The fourth-order valence-corrected chi connectivity index (χ4v) is 2.90. The minimum atomic E-state index is -0.480. The van der Waals surface area contributed by atoms with E-state index in [9.17, 15) is 14.4 Å². The van der Waals surface area contributed by atoms with Crippen molar-refractivity contribution in [2.24, 2.45) is 0 Å². The largest absolute Gasteiger partial charge is 0.455 e. The van der Waals surface area contributed by atoms with Gasteiger partial charge >= 0.3 is 5.97 Å². The van der Waals surface area contributed by atoms with Crippen LogP contribution in [0.15, 0.2) is 41.8 Å². The van der Waals surface area contributed by atoms with Crippen molar-refractivity contribution in [2.45, 2.75) is 26.3 Å². The Morgan fingerprint density at radius 3 is 2.48 bits per heavy atom. The van der Waals surface area contributed by atoms with Crippen LogP contribution in [-0.2, 0) is 25.5 Å². The van der Waals surface area contributed by atoms with Crippen LogP contribution in [0.4, 0.5) is 5.69 Å². The Balaban J connectivity index is 1.74. The van der Waals surface area contributed by atoms with Crippen LogP contribution in [0.2, 0.25) is 0 Å². The Morgan fingerprint density at radius 2 is 1.88 bits per heavy atom. The number of amides is 2. The average Bonchev–Trinajstić information content (AvgIpc) is 3.09. The number of rotatable bonds is 7. The lowest BCUT2D eigenvalue weighted by molar-refractivity contribution is -0.148. The molecule has 1 aromatic heterocycles. The first-order valence-electron chi connectivity index (χ1n) is 7.79. The molecule has 2 N–H and O–H groups in total. The van der Waals surface area contributed by atoms with Crippen molar-refractivity contribution in [3.05, 3.63) is 52.2 Å². The lowest BCUT2D eigenvalue weighted by Crippen LogP contribution is -2.31. The van der Waals surface area contributed by atoms with Gasteiger partial charge in [-0.1, -0.05) is 18.2 Å². The second kappa shape index (κ2) is 8.98. The molecule has 2 amide bonds. The van der Waals surface area contributed by atoms with E-state index in [1.54, 1.807) is 35.6 Å². The topological polar surface area (TPSA) is 84.5 Å². The van der Waals surface area contributed by atoms with Crippen molar-refractivity contribution in [3.8, 4) is 0 Å². The summed E-state index contributed by atoms with van der Waals surface area (Å²) in [6, 6.07) is 10.6. The first-order valence-corrected chi connectivity index (χ1v) is 8.67. The molecular weight excluding hydrogens is 340 g/mol. The van der Waals surface area contributed by atoms with Gasteiger partial charge in [-0.15, -0.1) is 11.3 Å². The second-order valence-corrected chi connectivity index (χ2v) is 6.50. The van der Waals surface area contributed by atoms with Gasteiger partial charge in [0, 0.05) is 17.5 Å². The van der Waals surface area contributed by atoms with Gasteiger partial charge in [0.1, 0.15) is 0 Å². The molecule has 0 saturated heterocycles. The van der Waals surface area contributed by atoms with Crippen LogP contribution in [0, 0.1) is 0 Å². The van der Waals surface area contributed by atoms with Crippen molar-refractivity contribution in [1.82, 2.24) is 5.32 Å². The number of esters is 1. The molecule has 0 unspecified atom stereocenters. The van der Waals surface area contributed by atoms with Crippen LogP contribution in [0.1, 0.15) is 30.3 Å². The fourth-order valence-electron chi connectivity index (χ4n) is 2.16. The number of carbonyl (C=O) groups is 3. The van der Waals surface area contributed by atoms with Crippen molar-refractivity contribution in [3.63, 3.8) is 0 Å². The first kappa shape index (κ1) is 18.7. The fraction of sp³-hybridized carbons (Fsp3) is 0.278. The van der Waals surface area contributed by atoms with E-state index in [4.69, 9.17) is 4.74 Å². The zero-order valence-electron chi connectivity index (χ0n) is 14.1. The molecular formula is C18H20N2O4S. The number of hydrogen-bond donors (Lipinski definition) is 2. The van der Waals surface area contributed by atoms with Gasteiger partial charge in [0.05, 0.1) is 12.5 Å². The van der Waals surface area contributed by atoms with E-state index < -0.39 is 5.97 Å². The monoisotopic (exact) mass is 360 g/mol. The van der Waals surface area contributed by atoms with Crippen molar-refractivity contribution in [1.29, 1.82) is 0 Å². The molecule has 0 fully saturated rings. The van der Waals surface area contributed by atoms with E-state index in [0.29, 0.717) is 5.69 Å². The second-order valence-electron chi connectivity index (χ2n) is 5.52. The molecule has 0 radical (unpaired) electrons. The molecule has 1 heterocycles. The van der Waals surface area contributed by atoms with Crippen LogP contribution in [0.25, 0.3) is 0 Å². The third-order valence-corrected chi connectivity index (χ3v) is 4.39. The number of nitrogens with one attached hydrogen (secondary N) is 2. The number of thiophene rings is 1. The maximum atomic E-state index is 11.8. The lowest BCUT2D eigenvalue weighted by atomic mass is 10.1. The van der Waals surface area contributed by atoms with Gasteiger partial charge in [-0.3, -0.25) is 14.4 Å². The average molecular weight is 360 g/mol. The van der Waals surface area contributed by atoms with Gasteiger partial charge in [0.2, 0.25) is 5.91 Å². The molecule has 25 heavy (non-hydrogen) atoms. The smallest absolute Gasteiger partial charge is 0.310 e. The summed E-state index contributed by atoms with van der Waals surface area (Å²) >= 11 is 1.56. The van der Waals surface area contributed by atoms with E-state index in [2.05, 4.69) is 10.6 Å². The number of carbonyl (C=O) groups excluding carboxylic acids is 3. The minimum absolute atomic E-state index is 0.0636. The van der Waals surface area contributed by atoms with Gasteiger partial charge in [-0.25, -0.2) is 0 Å². The van der Waals surface area contributed by atoms with Gasteiger partial charge in [-0.2, -0.15) is 0 Å². The first-order chi connectivity index (χ1) is 11.9. The summed E-state index contributed by atoms with van der Waals surface area (Å²) in [5.74, 6) is -0.976. The minimum Gasteiger partial charge on any atom is -0.455 e. The summed E-state index contributed by atoms with van der Waals surface area (Å²) in [5.41, 5.74) is 1.40. The third-order valence-electron chi connectivity index (χ3n) is 3.33. The Morgan fingerprint density at radius 1 is 1.16 bits per heavy atom. The van der Waals surface area contributed by atoms with E-state index in [1.165, 1.54) is 6.92 Å². The van der Waals surface area contributed by atoms with E-state index in [-0.39, 0.29) is 30.9 Å². The highest BCUT2D eigenvalue weighted by atomic mass is 32.1. The quantitative estimate of drug-likeness (QED) is 0.744. The summed E-state index contributed by atoms with van der Waals surface area (Å²) in [4.78, 5) is 35.6. The molecule has 7 heteroatoms. The molecule has 1 atom stereocenters. The molecule has 0 bridgehead atoms. The molecule has 132 valence electrons. The Hall–Kier alpha value is -2.67. The molecule has 0 aliphatic rings. The normalized spacial score (nSPS) is 11.4. The van der Waals surface area contributed by atoms with Gasteiger partial charge in [0.25, 0.3) is 5.91 Å². The Labute approximate surface area is 150 Å². The predicted molar refractivity (Wildman–Crippen MR) is 96.3 cm³/mol. The van der Waals surface area contributed by atoms with E-state index in [1.807, 2.05) is 24.4 Å². The summed E-state index contributed by atoms with van der Waals surface area (Å²) in [6.45, 7) is 3.00. The van der Waals surface area contributed by atoms with Gasteiger partial charge in [0.15, 0.2) is 6.61 Å². The molecule has 0 saturated carbocycles. The van der Waals surface area contributed by atoms with E-state index in [0.717, 1.165) is 10.4 Å². The van der Waals surface area contributed by atoms with Crippen molar-refractivity contribution >= 4 is 34.8 Å². The van der Waals surface area contributed by atoms with Gasteiger partial charge in [-0.05, 0) is 36.1 Å². The summed E-state index contributed by atoms with van der Waals surface area (Å²) in [7, 11) is 0. The highest BCUT2D eigenvalue weighted by molar-refractivity contribution is 7.10. The highest BCUT2D eigenvalue weighted by Gasteiger charge is 2.13. The molecule has 2 aromatic rings. The molecule has 0 aliphatic carbocycles. The lowest BCUT2D eigenvalue weighted by Gasteiger charge is -2.12. The summed E-state index contributed by atoms with van der Waals surface area (Å²) < 4.78 is 5.00. The standard InChI is InChI=1S/C18H20N2O4S/c1-12(16-4-3-9-25-16)19-17(22)11-24-18(23)10-14-5-7-15(8-6-14)20-13(2)21/h3-9,12H,10-11H2,1-2H3,(H,19,22)(H,20,21)/t12-/m0/s1. The summed E-state index contributed by atoms with van der Waals surface area (Å²) in [6.07, 6.45) is 0.0636. The maximum absolute atomic E-state index is 11.8. The number of ether oxygens (including phenoxy) is 1. The maximum Gasteiger partial charge on any atom is 0.310 e. The van der Waals surface area contributed by atoms with Crippen LogP contribution >= 0.6 is 11.3 Å². The van der Waals surface area contributed by atoms with Crippen LogP contribution in [0.5, 0.6) is 0 Å². The van der Waals surface area contributed by atoms with E-state index >= 15 is 0 Å². The van der Waals surface area contributed by atoms with Gasteiger partial charge < -0.3 is 15.4 Å². The van der Waals surface area contributed by atoms with Crippen LogP contribution in [0.3, 0.4) is 0 Å². The third kappa shape index (κ3) is 6.39. The highest BCUT2D eigenvalue weighted by Crippen LogP contribution is 2.17. The Bertz CT molecular complexity index is 726. The van der Waals surface area contributed by atoms with Crippen LogP contribution < -0.4 is 10.6 Å². The molecule has 2 rings (SSSR count). The predicted octanol–water partition coefficient (Wildman–Crippen LogP) is 2.67. The number of hydrogen-bond acceptors (Lipinski definition) is 5. The molecule has 1 aromatic carbocycles.